The molecule has 4 aliphatic rings. The van der Waals surface area contributed by atoms with Crippen molar-refractivity contribution in [3.05, 3.63) is 82.5 Å². The van der Waals surface area contributed by atoms with Crippen LogP contribution in [0.5, 0.6) is 28.7 Å². The molecule has 0 radical (unpaired) electrons. The van der Waals surface area contributed by atoms with Gasteiger partial charge in [-0.15, -0.1) is 0 Å². The van der Waals surface area contributed by atoms with E-state index in [2.05, 4.69) is 47.5 Å². The first-order chi connectivity index (χ1) is 24.7. The number of rotatable bonds is 8. The summed E-state index contributed by atoms with van der Waals surface area (Å²) in [6.07, 6.45) is 9.50. The van der Waals surface area contributed by atoms with Crippen molar-refractivity contribution in [2.75, 3.05) is 38.2 Å². The normalized spacial score (nSPS) is 22.7. The van der Waals surface area contributed by atoms with E-state index in [0.717, 1.165) is 48.7 Å². The van der Waals surface area contributed by atoms with E-state index >= 15 is 0 Å². The minimum atomic E-state index is -0.570. The fourth-order valence-corrected chi connectivity index (χ4v) is 9.65. The summed E-state index contributed by atoms with van der Waals surface area (Å²) in [7, 11) is 1.38. The molecule has 1 aromatic heterocycles. The van der Waals surface area contributed by atoms with Gasteiger partial charge in [0.05, 0.1) is 7.11 Å². The number of hydrogen-bond donors (Lipinski definition) is 4. The number of nitrogens with zero attached hydrogens (tertiary/aromatic N) is 2. The molecule has 1 saturated heterocycles. The first kappa shape index (κ1) is 33.5. The summed E-state index contributed by atoms with van der Waals surface area (Å²) in [4.78, 5) is 19.1. The molecular formula is C42H49N3O6. The first-order valence-electron chi connectivity index (χ1n) is 18.6. The lowest BCUT2D eigenvalue weighted by atomic mass is 9.64. The Balaban J connectivity index is 1.13. The van der Waals surface area contributed by atoms with Gasteiger partial charge in [-0.2, -0.15) is 0 Å². The van der Waals surface area contributed by atoms with E-state index in [4.69, 9.17) is 14.5 Å². The van der Waals surface area contributed by atoms with Crippen molar-refractivity contribution in [3.63, 3.8) is 0 Å². The van der Waals surface area contributed by atoms with Crippen LogP contribution in [-0.4, -0.2) is 59.2 Å². The van der Waals surface area contributed by atoms with Crippen LogP contribution in [0.4, 0.5) is 5.82 Å². The molecule has 4 aromatic rings. The second-order valence-corrected chi connectivity index (χ2v) is 15.3. The summed E-state index contributed by atoms with van der Waals surface area (Å²) in [6.45, 7) is 6.21. The number of anilines is 1. The number of ketones is 1. The van der Waals surface area contributed by atoms with Crippen LogP contribution in [0.3, 0.4) is 0 Å². The number of aromatic hydroxyl groups is 3. The third kappa shape index (κ3) is 5.70. The van der Waals surface area contributed by atoms with Crippen molar-refractivity contribution in [1.82, 2.24) is 10.3 Å². The number of carbonyl (C=O) groups excluding carboxylic acids is 1. The highest BCUT2D eigenvalue weighted by Gasteiger charge is 2.53. The van der Waals surface area contributed by atoms with E-state index in [9.17, 15) is 20.1 Å². The molecule has 3 fully saturated rings. The van der Waals surface area contributed by atoms with Gasteiger partial charge in [0.15, 0.2) is 17.1 Å². The summed E-state index contributed by atoms with van der Waals surface area (Å²) in [6, 6.07) is 17.6. The molecule has 2 aliphatic heterocycles. The van der Waals surface area contributed by atoms with Gasteiger partial charge in [-0.05, 0) is 110 Å². The molecular weight excluding hydrogens is 642 g/mol. The average molecular weight is 692 g/mol. The van der Waals surface area contributed by atoms with E-state index < -0.39 is 6.10 Å². The van der Waals surface area contributed by atoms with E-state index in [-0.39, 0.29) is 51.9 Å². The first-order valence-corrected chi connectivity index (χ1v) is 18.6. The van der Waals surface area contributed by atoms with Crippen molar-refractivity contribution < 1.29 is 29.6 Å². The Hall–Kier alpha value is -4.63. The largest absolute Gasteiger partial charge is 0.508 e. The maximum absolute atomic E-state index is 11.4. The van der Waals surface area contributed by atoms with Crippen LogP contribution >= 0.6 is 0 Å². The number of aromatic nitrogens is 1. The number of benzene rings is 3. The van der Waals surface area contributed by atoms with Crippen LogP contribution in [0.1, 0.15) is 92.3 Å². The molecule has 51 heavy (non-hydrogen) atoms. The maximum Gasteiger partial charge on any atom is 0.335 e. The van der Waals surface area contributed by atoms with Gasteiger partial charge in [-0.25, -0.2) is 0 Å². The Morgan fingerprint density at radius 1 is 0.941 bits per heavy atom. The lowest BCUT2D eigenvalue weighted by Gasteiger charge is -2.43. The van der Waals surface area contributed by atoms with Crippen molar-refractivity contribution in [1.29, 1.82) is 0 Å². The molecule has 3 aromatic carbocycles. The Bertz CT molecular complexity index is 1930. The average Bonchev–Trinajstić information content (AvgIpc) is 3.89. The van der Waals surface area contributed by atoms with Gasteiger partial charge in [0.25, 0.3) is 0 Å². The quantitative estimate of drug-likeness (QED) is 0.145. The van der Waals surface area contributed by atoms with Gasteiger partial charge < -0.3 is 40.0 Å². The summed E-state index contributed by atoms with van der Waals surface area (Å²) < 4.78 is 11.8. The monoisotopic (exact) mass is 691 g/mol. The molecule has 5 N–H and O–H groups in total. The second-order valence-electron chi connectivity index (χ2n) is 15.3. The van der Waals surface area contributed by atoms with Gasteiger partial charge in [0.2, 0.25) is 5.75 Å². The predicted molar refractivity (Wildman–Crippen MR) is 198 cm³/mol. The van der Waals surface area contributed by atoms with Crippen LogP contribution in [0.2, 0.25) is 0 Å². The zero-order valence-corrected chi connectivity index (χ0v) is 29.7. The van der Waals surface area contributed by atoms with Gasteiger partial charge in [-0.1, -0.05) is 80.2 Å². The highest BCUT2D eigenvalue weighted by Crippen LogP contribution is 2.62. The van der Waals surface area contributed by atoms with Crippen molar-refractivity contribution in [2.45, 2.75) is 82.7 Å². The highest BCUT2D eigenvalue weighted by atomic mass is 16.5. The number of methoxy groups -OCH3 is 1. The lowest BCUT2D eigenvalue weighted by Crippen LogP contribution is -2.44. The van der Waals surface area contributed by atoms with Crippen molar-refractivity contribution in [2.24, 2.45) is 5.41 Å². The molecule has 2 saturated carbocycles. The molecule has 3 heterocycles. The smallest absolute Gasteiger partial charge is 0.335 e. The Labute approximate surface area is 299 Å². The van der Waals surface area contributed by atoms with Crippen LogP contribution < -0.4 is 24.7 Å². The zero-order valence-electron chi connectivity index (χ0n) is 29.7. The van der Waals surface area contributed by atoms with E-state index in [0.29, 0.717) is 23.8 Å². The minimum Gasteiger partial charge on any atom is -0.508 e. The van der Waals surface area contributed by atoms with Crippen LogP contribution in [0.25, 0.3) is 11.1 Å². The molecule has 8 rings (SSSR count). The lowest BCUT2D eigenvalue weighted by molar-refractivity contribution is 0.172. The maximum atomic E-state index is 11.4. The number of piperazine rings is 1. The molecule has 2 atom stereocenters. The standard InChI is InChI=1S/C42H48N3O6/c1-41(15-6-18-42(41)16-3-4-17-42)34-24-31(40(44-34)45-21-19-43-20-22-45)28-8-5-7-26(23-28)9-14-30-36(48)39(50-2)37(49)35-32(47)25-33(51-38(30)35)27-10-12-29(46)13-11-27/h5,7-8,10-13,23-24,33,43,46H,3-4,6,9,14-22,25H2,1-2H3,(H2,47,48,49)/q-1/p+1. The van der Waals surface area contributed by atoms with E-state index in [1.165, 1.54) is 63.3 Å². The fraction of sp³-hybridized carbons (Fsp3) is 0.452. The second kappa shape index (κ2) is 13.2. The third-order valence-electron chi connectivity index (χ3n) is 12.5. The molecule has 0 bridgehead atoms. The van der Waals surface area contributed by atoms with Gasteiger partial charge in [0.1, 0.15) is 24.0 Å². The molecule has 9 heteroatoms. The summed E-state index contributed by atoms with van der Waals surface area (Å²) in [5, 5.41) is 35.8. The molecule has 2 aliphatic carbocycles. The Kier molecular flexibility index (Phi) is 8.65. The number of phenols is 3. The SMILES string of the molecule is COc1c(O)c(CCc2cccc(-c3cc(C4(C)CCCC45CCCC5)[n-]c3N3CCNCC3)c2)c2c(c1O)C(=[OH+])CC(c1ccc(O)cc1)O2. The van der Waals surface area contributed by atoms with Crippen LogP contribution in [0.15, 0.2) is 54.6 Å². The number of fused-ring (bicyclic) bond motifs is 1. The van der Waals surface area contributed by atoms with Crippen LogP contribution in [0, 0.1) is 5.41 Å². The summed E-state index contributed by atoms with van der Waals surface area (Å²) in [5.74, 6) is 0.745. The van der Waals surface area contributed by atoms with Gasteiger partial charge >= 0.3 is 5.78 Å². The molecule has 1 spiro atoms. The van der Waals surface area contributed by atoms with E-state index in [1.54, 1.807) is 24.3 Å². The van der Waals surface area contributed by atoms with Crippen molar-refractivity contribution in [3.8, 4) is 39.9 Å². The topological polar surface area (TPSA) is 130 Å². The highest BCUT2D eigenvalue weighted by molar-refractivity contribution is 6.05. The Morgan fingerprint density at radius 3 is 2.43 bits per heavy atom. The van der Waals surface area contributed by atoms with Crippen LogP contribution in [-0.2, 0) is 18.3 Å². The number of phenolic OH excluding ortho intramolecular Hbond substituents is 3. The van der Waals surface area contributed by atoms with Gasteiger partial charge in [-0.3, -0.25) is 4.79 Å². The summed E-state index contributed by atoms with van der Waals surface area (Å²) in [5.41, 5.74) is 6.43. The zero-order chi connectivity index (χ0) is 35.3. The van der Waals surface area contributed by atoms with Crippen molar-refractivity contribution >= 4 is 11.6 Å². The third-order valence-corrected chi connectivity index (χ3v) is 12.5. The van der Waals surface area contributed by atoms with E-state index in [1.807, 2.05) is 0 Å². The Morgan fingerprint density at radius 2 is 1.69 bits per heavy atom. The molecule has 2 unspecified atom stereocenters. The predicted octanol–water partition coefficient (Wildman–Crippen LogP) is 7.05. The molecule has 9 nitrogen and oxygen atoms in total. The number of ether oxygens (including phenoxy) is 2. The number of hydrogen-bond acceptors (Lipinski definition) is 7. The van der Waals surface area contributed by atoms with Gasteiger partial charge in [0, 0.05) is 5.56 Å². The fourth-order valence-electron chi connectivity index (χ4n) is 9.65. The number of aryl methyl sites for hydroxylation is 1. The molecule has 268 valence electrons. The molecule has 0 amide bonds. The number of nitrogens with one attached hydrogen (secondary N) is 1. The minimum absolute atomic E-state index is 0.0522. The summed E-state index contributed by atoms with van der Waals surface area (Å²) >= 11 is 0.